The highest BCUT2D eigenvalue weighted by atomic mass is 16.5. The molecular formula is C14H17N3O. The van der Waals surface area contributed by atoms with Gasteiger partial charge in [0, 0.05) is 12.7 Å². The molecule has 0 aromatic heterocycles. The van der Waals surface area contributed by atoms with Crippen LogP contribution in [0, 0.1) is 0 Å². The fourth-order valence-electron chi connectivity index (χ4n) is 1.62. The summed E-state index contributed by atoms with van der Waals surface area (Å²) >= 11 is 0. The maximum Gasteiger partial charge on any atom is 0.127 e. The molecular weight excluding hydrogens is 226 g/mol. The number of rotatable bonds is 5. The van der Waals surface area contributed by atoms with Gasteiger partial charge >= 0.3 is 0 Å². The summed E-state index contributed by atoms with van der Waals surface area (Å²) < 4.78 is 5.71. The first-order valence-corrected chi connectivity index (χ1v) is 5.77. The maximum absolute atomic E-state index is 5.71. The molecule has 0 saturated carbocycles. The van der Waals surface area contributed by atoms with Crippen molar-refractivity contribution in [1.82, 2.24) is 5.43 Å². The van der Waals surface area contributed by atoms with Crippen LogP contribution in [0.25, 0.3) is 0 Å². The normalized spacial score (nSPS) is 10.1. The van der Waals surface area contributed by atoms with Gasteiger partial charge in [0.1, 0.15) is 11.5 Å². The standard InChI is InChI=1S/C14H17N3O/c1-17(11-16-15)12-7-9-14(10-8-12)18-13-5-3-2-4-6-13/h2-10,16H,11,15H2,1H3. The molecule has 3 N–H and O–H groups in total. The molecule has 0 spiro atoms. The van der Waals surface area contributed by atoms with Crippen LogP contribution < -0.4 is 20.9 Å². The van der Waals surface area contributed by atoms with Gasteiger partial charge in [0.15, 0.2) is 0 Å². The van der Waals surface area contributed by atoms with E-state index in [2.05, 4.69) is 5.43 Å². The van der Waals surface area contributed by atoms with E-state index in [9.17, 15) is 0 Å². The monoisotopic (exact) mass is 243 g/mol. The van der Waals surface area contributed by atoms with Gasteiger partial charge in [-0.3, -0.25) is 5.84 Å². The third-order valence-electron chi connectivity index (χ3n) is 2.58. The van der Waals surface area contributed by atoms with Gasteiger partial charge in [-0.1, -0.05) is 18.2 Å². The van der Waals surface area contributed by atoms with Crippen LogP contribution in [0.5, 0.6) is 11.5 Å². The zero-order chi connectivity index (χ0) is 12.8. The van der Waals surface area contributed by atoms with Crippen molar-refractivity contribution in [2.45, 2.75) is 0 Å². The number of hydrazine groups is 1. The molecule has 0 unspecified atom stereocenters. The summed E-state index contributed by atoms with van der Waals surface area (Å²) in [7, 11) is 1.97. The van der Waals surface area contributed by atoms with E-state index in [4.69, 9.17) is 10.6 Å². The minimum absolute atomic E-state index is 0.596. The molecule has 0 fully saturated rings. The lowest BCUT2D eigenvalue weighted by molar-refractivity contribution is 0.482. The Morgan fingerprint density at radius 2 is 1.61 bits per heavy atom. The summed E-state index contributed by atoms with van der Waals surface area (Å²) in [5.41, 5.74) is 3.69. The molecule has 0 atom stereocenters. The molecule has 4 nitrogen and oxygen atoms in total. The Bertz CT molecular complexity index is 470. The van der Waals surface area contributed by atoms with Gasteiger partial charge in [0.2, 0.25) is 0 Å². The highest BCUT2D eigenvalue weighted by molar-refractivity contribution is 5.48. The first kappa shape index (κ1) is 12.4. The van der Waals surface area contributed by atoms with Crippen molar-refractivity contribution in [2.24, 2.45) is 5.84 Å². The largest absolute Gasteiger partial charge is 0.457 e. The maximum atomic E-state index is 5.71. The van der Waals surface area contributed by atoms with Crippen LogP contribution in [0.4, 0.5) is 5.69 Å². The second-order valence-corrected chi connectivity index (χ2v) is 3.97. The Labute approximate surface area is 107 Å². The number of nitrogens with two attached hydrogens (primary N) is 1. The molecule has 2 rings (SSSR count). The summed E-state index contributed by atoms with van der Waals surface area (Å²) in [6, 6.07) is 17.6. The highest BCUT2D eigenvalue weighted by Crippen LogP contribution is 2.23. The van der Waals surface area contributed by atoms with Crippen LogP contribution in [-0.4, -0.2) is 13.7 Å². The minimum atomic E-state index is 0.596. The quantitative estimate of drug-likeness (QED) is 0.481. The minimum Gasteiger partial charge on any atom is -0.457 e. The fraction of sp³-hybridized carbons (Fsp3) is 0.143. The number of hydrogen-bond acceptors (Lipinski definition) is 4. The average molecular weight is 243 g/mol. The number of nitrogens with one attached hydrogen (secondary N) is 1. The molecule has 0 bridgehead atoms. The van der Waals surface area contributed by atoms with E-state index in [-0.39, 0.29) is 0 Å². The van der Waals surface area contributed by atoms with Crippen molar-refractivity contribution in [3.8, 4) is 11.5 Å². The number of para-hydroxylation sites is 1. The van der Waals surface area contributed by atoms with E-state index in [1.807, 2.05) is 66.5 Å². The molecule has 0 radical (unpaired) electrons. The zero-order valence-electron chi connectivity index (χ0n) is 10.3. The average Bonchev–Trinajstić information content (AvgIpc) is 2.41. The Balaban J connectivity index is 2.04. The molecule has 0 aliphatic rings. The molecule has 2 aromatic carbocycles. The Morgan fingerprint density at radius 1 is 1.00 bits per heavy atom. The van der Waals surface area contributed by atoms with Gasteiger partial charge in [0.05, 0.1) is 6.67 Å². The molecule has 0 aliphatic heterocycles. The first-order chi connectivity index (χ1) is 8.79. The lowest BCUT2D eigenvalue weighted by Crippen LogP contribution is -2.35. The molecule has 4 heteroatoms. The summed E-state index contributed by atoms with van der Waals surface area (Å²) in [6.07, 6.45) is 0. The summed E-state index contributed by atoms with van der Waals surface area (Å²) in [6.45, 7) is 0.596. The molecule has 2 aromatic rings. The zero-order valence-corrected chi connectivity index (χ0v) is 10.3. The topological polar surface area (TPSA) is 50.5 Å². The Hall–Kier alpha value is -2.04. The SMILES string of the molecule is CN(CNN)c1ccc(Oc2ccccc2)cc1. The van der Waals surface area contributed by atoms with Crippen molar-refractivity contribution in [3.63, 3.8) is 0 Å². The lowest BCUT2D eigenvalue weighted by Gasteiger charge is -2.18. The van der Waals surface area contributed by atoms with Crippen LogP contribution >= 0.6 is 0 Å². The van der Waals surface area contributed by atoms with Crippen molar-refractivity contribution < 1.29 is 4.74 Å². The van der Waals surface area contributed by atoms with Gasteiger partial charge in [-0.05, 0) is 36.4 Å². The number of anilines is 1. The van der Waals surface area contributed by atoms with E-state index in [0.29, 0.717) is 6.67 Å². The van der Waals surface area contributed by atoms with E-state index in [1.165, 1.54) is 0 Å². The molecule has 0 aliphatic carbocycles. The number of nitrogens with zero attached hydrogens (tertiary/aromatic N) is 1. The van der Waals surface area contributed by atoms with Crippen molar-refractivity contribution in [1.29, 1.82) is 0 Å². The summed E-state index contributed by atoms with van der Waals surface area (Å²) in [5, 5.41) is 0. The molecule has 18 heavy (non-hydrogen) atoms. The third kappa shape index (κ3) is 3.23. The van der Waals surface area contributed by atoms with Crippen molar-refractivity contribution >= 4 is 5.69 Å². The van der Waals surface area contributed by atoms with Crippen molar-refractivity contribution in [2.75, 3.05) is 18.6 Å². The van der Waals surface area contributed by atoms with Gasteiger partial charge in [-0.25, -0.2) is 5.43 Å². The van der Waals surface area contributed by atoms with Gasteiger partial charge < -0.3 is 9.64 Å². The van der Waals surface area contributed by atoms with Crippen molar-refractivity contribution in [3.05, 3.63) is 54.6 Å². The van der Waals surface area contributed by atoms with Gasteiger partial charge in [-0.15, -0.1) is 0 Å². The van der Waals surface area contributed by atoms with E-state index in [0.717, 1.165) is 17.2 Å². The van der Waals surface area contributed by atoms with Crippen LogP contribution in [0.15, 0.2) is 54.6 Å². The van der Waals surface area contributed by atoms with Crippen LogP contribution in [0.3, 0.4) is 0 Å². The predicted molar refractivity (Wildman–Crippen MR) is 73.6 cm³/mol. The number of benzene rings is 2. The van der Waals surface area contributed by atoms with Crippen LogP contribution in [0.1, 0.15) is 0 Å². The molecule has 0 saturated heterocycles. The number of hydrogen-bond donors (Lipinski definition) is 2. The van der Waals surface area contributed by atoms with E-state index >= 15 is 0 Å². The first-order valence-electron chi connectivity index (χ1n) is 5.77. The fourth-order valence-corrected chi connectivity index (χ4v) is 1.62. The van der Waals surface area contributed by atoms with E-state index in [1.54, 1.807) is 0 Å². The Kier molecular flexibility index (Phi) is 4.17. The van der Waals surface area contributed by atoms with E-state index < -0.39 is 0 Å². The van der Waals surface area contributed by atoms with Crippen LogP contribution in [0.2, 0.25) is 0 Å². The van der Waals surface area contributed by atoms with Crippen LogP contribution in [-0.2, 0) is 0 Å². The smallest absolute Gasteiger partial charge is 0.127 e. The second kappa shape index (κ2) is 6.05. The Morgan fingerprint density at radius 3 is 2.22 bits per heavy atom. The predicted octanol–water partition coefficient (Wildman–Crippen LogP) is 2.34. The second-order valence-electron chi connectivity index (χ2n) is 3.97. The lowest BCUT2D eigenvalue weighted by atomic mass is 10.3. The number of ether oxygens (including phenoxy) is 1. The summed E-state index contributed by atoms with van der Waals surface area (Å²) in [4.78, 5) is 2.01. The highest BCUT2D eigenvalue weighted by Gasteiger charge is 2.00. The van der Waals surface area contributed by atoms with Gasteiger partial charge in [0.25, 0.3) is 0 Å². The molecule has 0 amide bonds. The summed E-state index contributed by atoms with van der Waals surface area (Å²) in [5.74, 6) is 6.94. The molecule has 94 valence electrons. The third-order valence-corrected chi connectivity index (χ3v) is 2.58. The van der Waals surface area contributed by atoms with Gasteiger partial charge in [-0.2, -0.15) is 0 Å². The molecule has 0 heterocycles.